The quantitative estimate of drug-likeness (QED) is 0.785. The molecule has 2 rings (SSSR count). The van der Waals surface area contributed by atoms with Crippen LogP contribution in [0.3, 0.4) is 0 Å². The molecule has 1 aliphatic rings. The van der Waals surface area contributed by atoms with Crippen molar-refractivity contribution in [1.29, 1.82) is 0 Å². The van der Waals surface area contributed by atoms with Crippen LogP contribution in [0.4, 0.5) is 0 Å². The smallest absolute Gasteiger partial charge is 0.252 e. The van der Waals surface area contributed by atoms with E-state index in [1.807, 2.05) is 13.0 Å². The molecule has 0 atom stereocenters. The Balaban J connectivity index is 2.04. The highest BCUT2D eigenvalue weighted by Crippen LogP contribution is 2.26. The maximum atomic E-state index is 12.3. The highest BCUT2D eigenvalue weighted by atomic mass is 32.2. The first-order valence-corrected chi connectivity index (χ1v) is 8.58. The van der Waals surface area contributed by atoms with Gasteiger partial charge in [-0.25, -0.2) is 8.42 Å². The predicted molar refractivity (Wildman–Crippen MR) is 78.8 cm³/mol. The summed E-state index contributed by atoms with van der Waals surface area (Å²) in [5, 5.41) is 3.39. The SMILES string of the molecule is C=C(C)CN(C)S(=O)(=O)c1ccc(CNC2CC2)s1. The van der Waals surface area contributed by atoms with Gasteiger partial charge >= 0.3 is 0 Å². The van der Waals surface area contributed by atoms with E-state index in [1.54, 1.807) is 13.1 Å². The second kappa shape index (κ2) is 5.75. The van der Waals surface area contributed by atoms with E-state index in [0.717, 1.165) is 17.0 Å². The predicted octanol–water partition coefficient (Wildman–Crippen LogP) is 2.20. The molecule has 6 heteroatoms. The Bertz CT molecular complexity index is 559. The van der Waals surface area contributed by atoms with Gasteiger partial charge in [-0.15, -0.1) is 11.3 Å². The number of nitrogens with zero attached hydrogens (tertiary/aromatic N) is 1. The Morgan fingerprint density at radius 1 is 1.53 bits per heavy atom. The summed E-state index contributed by atoms with van der Waals surface area (Å²) < 4.78 is 26.4. The zero-order valence-corrected chi connectivity index (χ0v) is 13.0. The van der Waals surface area contributed by atoms with Gasteiger partial charge in [0.05, 0.1) is 0 Å². The lowest BCUT2D eigenvalue weighted by atomic mass is 10.4. The summed E-state index contributed by atoms with van der Waals surface area (Å²) in [4.78, 5) is 1.06. The van der Waals surface area contributed by atoms with E-state index in [0.29, 0.717) is 16.8 Å². The first-order chi connectivity index (χ1) is 8.89. The Hall–Kier alpha value is -0.690. The van der Waals surface area contributed by atoms with Crippen molar-refractivity contribution in [3.05, 3.63) is 29.2 Å². The van der Waals surface area contributed by atoms with Crippen molar-refractivity contribution in [3.8, 4) is 0 Å². The third-order valence-corrected chi connectivity index (χ3v) is 6.29. The highest BCUT2D eigenvalue weighted by molar-refractivity contribution is 7.91. The van der Waals surface area contributed by atoms with Gasteiger partial charge in [0, 0.05) is 31.1 Å². The van der Waals surface area contributed by atoms with Crippen LogP contribution in [0.25, 0.3) is 0 Å². The Kier molecular flexibility index (Phi) is 4.45. The molecule has 0 bridgehead atoms. The molecular formula is C13H20N2O2S2. The van der Waals surface area contributed by atoms with Crippen molar-refractivity contribution in [2.24, 2.45) is 0 Å². The molecule has 1 aromatic heterocycles. The normalized spacial score (nSPS) is 15.9. The number of hydrogen-bond donors (Lipinski definition) is 1. The molecule has 19 heavy (non-hydrogen) atoms. The molecule has 1 N–H and O–H groups in total. The zero-order chi connectivity index (χ0) is 14.0. The summed E-state index contributed by atoms with van der Waals surface area (Å²) >= 11 is 1.34. The van der Waals surface area contributed by atoms with Crippen molar-refractivity contribution in [1.82, 2.24) is 9.62 Å². The van der Waals surface area contributed by atoms with Crippen molar-refractivity contribution < 1.29 is 8.42 Å². The van der Waals surface area contributed by atoms with Crippen LogP contribution in [0.5, 0.6) is 0 Å². The Labute approximate surface area is 119 Å². The summed E-state index contributed by atoms with van der Waals surface area (Å²) in [5.74, 6) is 0. The molecule has 0 unspecified atom stereocenters. The fraction of sp³-hybridized carbons (Fsp3) is 0.538. The number of likely N-dealkylation sites (N-methyl/N-ethyl adjacent to an activating group) is 1. The van der Waals surface area contributed by atoms with Gasteiger partial charge in [0.1, 0.15) is 4.21 Å². The minimum Gasteiger partial charge on any atom is -0.309 e. The minimum absolute atomic E-state index is 0.357. The van der Waals surface area contributed by atoms with Crippen molar-refractivity contribution in [3.63, 3.8) is 0 Å². The van der Waals surface area contributed by atoms with Crippen LogP contribution >= 0.6 is 11.3 Å². The number of nitrogens with one attached hydrogen (secondary N) is 1. The van der Waals surface area contributed by atoms with Gasteiger partial charge in [-0.05, 0) is 31.9 Å². The third-order valence-electron chi connectivity index (χ3n) is 2.94. The van der Waals surface area contributed by atoms with Gasteiger partial charge < -0.3 is 5.32 Å². The zero-order valence-electron chi connectivity index (χ0n) is 11.3. The fourth-order valence-electron chi connectivity index (χ4n) is 1.74. The van der Waals surface area contributed by atoms with Gasteiger partial charge in [0.2, 0.25) is 0 Å². The molecule has 0 radical (unpaired) electrons. The largest absolute Gasteiger partial charge is 0.309 e. The van der Waals surface area contributed by atoms with Gasteiger partial charge in [-0.2, -0.15) is 4.31 Å². The van der Waals surface area contributed by atoms with E-state index in [2.05, 4.69) is 11.9 Å². The summed E-state index contributed by atoms with van der Waals surface area (Å²) in [6, 6.07) is 4.22. The van der Waals surface area contributed by atoms with Crippen molar-refractivity contribution in [2.45, 2.75) is 36.6 Å². The van der Waals surface area contributed by atoms with Crippen molar-refractivity contribution >= 4 is 21.4 Å². The lowest BCUT2D eigenvalue weighted by Gasteiger charge is -2.15. The number of sulfonamides is 1. The molecule has 1 aromatic rings. The highest BCUT2D eigenvalue weighted by Gasteiger charge is 2.24. The van der Waals surface area contributed by atoms with E-state index >= 15 is 0 Å². The number of rotatable bonds is 7. The Morgan fingerprint density at radius 3 is 2.79 bits per heavy atom. The lowest BCUT2D eigenvalue weighted by molar-refractivity contribution is 0.495. The van der Waals surface area contributed by atoms with Crippen LogP contribution in [0.15, 0.2) is 28.5 Å². The molecule has 0 amide bonds. The van der Waals surface area contributed by atoms with E-state index in [-0.39, 0.29) is 0 Å². The van der Waals surface area contributed by atoms with Gasteiger partial charge in [0.25, 0.3) is 10.0 Å². The Morgan fingerprint density at radius 2 is 2.21 bits per heavy atom. The molecule has 0 aliphatic heterocycles. The van der Waals surface area contributed by atoms with Gasteiger partial charge in [-0.3, -0.25) is 0 Å². The molecule has 1 aliphatic carbocycles. The minimum atomic E-state index is -3.37. The molecule has 0 aromatic carbocycles. The van der Waals surface area contributed by atoms with Crippen LogP contribution < -0.4 is 5.32 Å². The molecule has 1 heterocycles. The molecule has 1 saturated carbocycles. The maximum absolute atomic E-state index is 12.3. The molecule has 0 spiro atoms. The average Bonchev–Trinajstić information content (AvgIpc) is 3.02. The monoisotopic (exact) mass is 300 g/mol. The molecule has 0 saturated heterocycles. The fourth-order valence-corrected chi connectivity index (χ4v) is 4.49. The van der Waals surface area contributed by atoms with Crippen LogP contribution in [-0.2, 0) is 16.6 Å². The van der Waals surface area contributed by atoms with Crippen LogP contribution in [0.2, 0.25) is 0 Å². The number of hydrogen-bond acceptors (Lipinski definition) is 4. The van der Waals surface area contributed by atoms with E-state index < -0.39 is 10.0 Å². The number of thiophene rings is 1. The van der Waals surface area contributed by atoms with E-state index in [9.17, 15) is 8.42 Å². The second-order valence-corrected chi connectivity index (χ2v) is 8.53. The van der Waals surface area contributed by atoms with E-state index in [1.165, 1.54) is 28.5 Å². The molecule has 1 fully saturated rings. The lowest BCUT2D eigenvalue weighted by Crippen LogP contribution is -2.27. The van der Waals surface area contributed by atoms with Crippen molar-refractivity contribution in [2.75, 3.05) is 13.6 Å². The first-order valence-electron chi connectivity index (χ1n) is 6.32. The summed E-state index contributed by atoms with van der Waals surface area (Å²) in [7, 11) is -1.78. The standard InChI is InChI=1S/C13H20N2O2S2/c1-10(2)9-15(3)19(16,17)13-7-6-12(18-13)8-14-11-4-5-11/h6-7,11,14H,1,4-5,8-9H2,2-3H3. The third kappa shape index (κ3) is 3.89. The average molecular weight is 300 g/mol. The van der Waals surface area contributed by atoms with Crippen LogP contribution in [0.1, 0.15) is 24.6 Å². The second-order valence-electron chi connectivity index (χ2n) is 5.09. The maximum Gasteiger partial charge on any atom is 0.252 e. The first kappa shape index (κ1) is 14.7. The summed E-state index contributed by atoms with van der Waals surface area (Å²) in [6.07, 6.45) is 2.47. The topological polar surface area (TPSA) is 49.4 Å². The summed E-state index contributed by atoms with van der Waals surface area (Å²) in [5.41, 5.74) is 0.832. The molecular weight excluding hydrogens is 280 g/mol. The summed E-state index contributed by atoms with van der Waals surface area (Å²) in [6.45, 7) is 6.69. The molecule has 4 nitrogen and oxygen atoms in total. The van der Waals surface area contributed by atoms with Gasteiger partial charge in [-0.1, -0.05) is 12.2 Å². The molecule has 106 valence electrons. The van der Waals surface area contributed by atoms with E-state index in [4.69, 9.17) is 0 Å². The van der Waals surface area contributed by atoms with Gasteiger partial charge in [0.15, 0.2) is 0 Å². The van der Waals surface area contributed by atoms with Crippen LogP contribution in [0, 0.1) is 0 Å². The van der Waals surface area contributed by atoms with Crippen LogP contribution in [-0.4, -0.2) is 32.4 Å².